The molecule has 0 bridgehead atoms. The highest BCUT2D eigenvalue weighted by molar-refractivity contribution is 6.08. The van der Waals surface area contributed by atoms with Crippen LogP contribution in [0.15, 0.2) is 87.7 Å². The minimum absolute atomic E-state index is 0.00995. The number of anilines is 1. The van der Waals surface area contributed by atoms with Crippen molar-refractivity contribution in [2.24, 2.45) is 0 Å². The lowest BCUT2D eigenvalue weighted by Gasteiger charge is -2.03. The molecular formula is C23H14N2O5. The first-order valence-electron chi connectivity index (χ1n) is 9.16. The van der Waals surface area contributed by atoms with Crippen molar-refractivity contribution in [3.05, 3.63) is 94.7 Å². The summed E-state index contributed by atoms with van der Waals surface area (Å²) in [6.07, 6.45) is 0. The zero-order chi connectivity index (χ0) is 20.7. The molecule has 7 nitrogen and oxygen atoms in total. The summed E-state index contributed by atoms with van der Waals surface area (Å²) in [4.78, 5) is 22.9. The van der Waals surface area contributed by atoms with Gasteiger partial charge in [0.2, 0.25) is 0 Å². The van der Waals surface area contributed by atoms with Crippen molar-refractivity contribution in [1.82, 2.24) is 0 Å². The van der Waals surface area contributed by atoms with Gasteiger partial charge < -0.3 is 14.2 Å². The van der Waals surface area contributed by atoms with Gasteiger partial charge in [0, 0.05) is 40.2 Å². The summed E-state index contributed by atoms with van der Waals surface area (Å²) in [6.45, 7) is 0. The fourth-order valence-electron chi connectivity index (χ4n) is 3.36. The van der Waals surface area contributed by atoms with E-state index in [9.17, 15) is 14.9 Å². The fraction of sp³-hybridized carbons (Fsp3) is 0. The highest BCUT2D eigenvalue weighted by Gasteiger charge is 2.15. The van der Waals surface area contributed by atoms with Crippen LogP contribution < -0.4 is 5.32 Å². The molecule has 0 saturated heterocycles. The number of nitro groups is 1. The van der Waals surface area contributed by atoms with E-state index in [-0.39, 0.29) is 11.4 Å². The van der Waals surface area contributed by atoms with Crippen LogP contribution in [0, 0.1) is 10.1 Å². The van der Waals surface area contributed by atoms with Crippen LogP contribution in [0.3, 0.4) is 0 Å². The molecule has 1 N–H and O–H groups in total. The van der Waals surface area contributed by atoms with Crippen LogP contribution in [0.2, 0.25) is 0 Å². The number of carbonyl (C=O) groups is 1. The van der Waals surface area contributed by atoms with Gasteiger partial charge >= 0.3 is 0 Å². The second kappa shape index (κ2) is 6.89. The SMILES string of the molecule is O=C(Nc1ccc2c(c1)oc1ccccc12)c1ccc(-c2ccc([N+](=O)[O-])cc2)o1. The van der Waals surface area contributed by atoms with Crippen molar-refractivity contribution < 1.29 is 18.6 Å². The van der Waals surface area contributed by atoms with Crippen LogP contribution in [0.25, 0.3) is 33.3 Å². The molecule has 146 valence electrons. The molecule has 0 aliphatic rings. The predicted molar refractivity (Wildman–Crippen MR) is 112 cm³/mol. The summed E-state index contributed by atoms with van der Waals surface area (Å²) in [5, 5.41) is 15.6. The van der Waals surface area contributed by atoms with E-state index in [4.69, 9.17) is 8.83 Å². The third-order valence-corrected chi connectivity index (χ3v) is 4.83. The number of hydrogen-bond donors (Lipinski definition) is 1. The van der Waals surface area contributed by atoms with E-state index in [1.807, 2.05) is 36.4 Å². The van der Waals surface area contributed by atoms with Crippen LogP contribution in [0.4, 0.5) is 11.4 Å². The number of furan rings is 2. The van der Waals surface area contributed by atoms with E-state index in [1.54, 1.807) is 30.3 Å². The van der Waals surface area contributed by atoms with Gasteiger partial charge in [0.15, 0.2) is 5.76 Å². The predicted octanol–water partition coefficient (Wildman–Crippen LogP) is 6.01. The largest absolute Gasteiger partial charge is 0.456 e. The van der Waals surface area contributed by atoms with E-state index < -0.39 is 10.8 Å². The zero-order valence-electron chi connectivity index (χ0n) is 15.5. The number of nitro benzene ring substituents is 1. The lowest BCUT2D eigenvalue weighted by atomic mass is 10.1. The number of benzene rings is 3. The van der Waals surface area contributed by atoms with E-state index >= 15 is 0 Å². The van der Waals surface area contributed by atoms with E-state index in [2.05, 4.69) is 5.32 Å². The molecule has 7 heteroatoms. The Bertz CT molecular complexity index is 1410. The number of amides is 1. The molecule has 5 rings (SSSR count). The molecule has 2 aromatic heterocycles. The number of fused-ring (bicyclic) bond motifs is 3. The van der Waals surface area contributed by atoms with E-state index in [0.29, 0.717) is 22.6 Å². The first-order valence-corrected chi connectivity index (χ1v) is 9.16. The topological polar surface area (TPSA) is 98.5 Å². The molecule has 0 atom stereocenters. The number of hydrogen-bond acceptors (Lipinski definition) is 5. The summed E-state index contributed by atoms with van der Waals surface area (Å²) in [6, 6.07) is 22.4. The van der Waals surface area contributed by atoms with Crippen LogP contribution in [-0.2, 0) is 0 Å². The smallest absolute Gasteiger partial charge is 0.291 e. The number of nitrogens with zero attached hydrogens (tertiary/aromatic N) is 1. The third kappa shape index (κ3) is 3.08. The molecule has 2 heterocycles. The van der Waals surface area contributed by atoms with Crippen molar-refractivity contribution in [2.75, 3.05) is 5.32 Å². The summed E-state index contributed by atoms with van der Waals surface area (Å²) in [7, 11) is 0. The number of nitrogens with one attached hydrogen (secondary N) is 1. The van der Waals surface area contributed by atoms with Gasteiger partial charge in [-0.2, -0.15) is 0 Å². The summed E-state index contributed by atoms with van der Waals surface area (Å²) in [5.41, 5.74) is 2.68. The second-order valence-electron chi connectivity index (χ2n) is 6.73. The number of para-hydroxylation sites is 1. The molecule has 0 spiro atoms. The summed E-state index contributed by atoms with van der Waals surface area (Å²) < 4.78 is 11.5. The van der Waals surface area contributed by atoms with Gasteiger partial charge in [0.05, 0.1) is 4.92 Å². The zero-order valence-corrected chi connectivity index (χ0v) is 15.5. The Balaban J connectivity index is 1.37. The van der Waals surface area contributed by atoms with Crippen LogP contribution in [0.1, 0.15) is 10.6 Å². The van der Waals surface area contributed by atoms with Crippen molar-refractivity contribution in [3.8, 4) is 11.3 Å². The van der Waals surface area contributed by atoms with E-state index in [0.717, 1.165) is 16.4 Å². The highest BCUT2D eigenvalue weighted by Crippen LogP contribution is 2.31. The van der Waals surface area contributed by atoms with Gasteiger partial charge in [-0.25, -0.2) is 0 Å². The molecule has 3 aromatic carbocycles. The maximum Gasteiger partial charge on any atom is 0.291 e. The quantitative estimate of drug-likeness (QED) is 0.295. The third-order valence-electron chi connectivity index (χ3n) is 4.83. The fourth-order valence-corrected chi connectivity index (χ4v) is 3.36. The van der Waals surface area contributed by atoms with Gasteiger partial charge in [-0.3, -0.25) is 14.9 Å². The van der Waals surface area contributed by atoms with Crippen LogP contribution in [0.5, 0.6) is 0 Å². The van der Waals surface area contributed by atoms with Crippen molar-refractivity contribution in [2.45, 2.75) is 0 Å². The van der Waals surface area contributed by atoms with Crippen molar-refractivity contribution in [1.29, 1.82) is 0 Å². The first-order chi connectivity index (χ1) is 14.6. The molecule has 0 unspecified atom stereocenters. The molecule has 0 aliphatic heterocycles. The van der Waals surface area contributed by atoms with Gasteiger partial charge in [-0.1, -0.05) is 18.2 Å². The Morgan fingerprint density at radius 2 is 1.60 bits per heavy atom. The molecule has 30 heavy (non-hydrogen) atoms. The van der Waals surface area contributed by atoms with Gasteiger partial charge in [-0.05, 0) is 42.5 Å². The van der Waals surface area contributed by atoms with Crippen LogP contribution in [-0.4, -0.2) is 10.8 Å². The lowest BCUT2D eigenvalue weighted by Crippen LogP contribution is -2.10. The number of rotatable bonds is 4. The van der Waals surface area contributed by atoms with Crippen LogP contribution >= 0.6 is 0 Å². The number of non-ortho nitro benzene ring substituents is 1. The molecule has 1 amide bonds. The maximum atomic E-state index is 12.6. The Hall–Kier alpha value is -4.39. The second-order valence-corrected chi connectivity index (χ2v) is 6.73. The average molecular weight is 398 g/mol. The normalized spacial score (nSPS) is 11.1. The Labute approximate surface area is 169 Å². The maximum absolute atomic E-state index is 12.6. The Morgan fingerprint density at radius 3 is 2.40 bits per heavy atom. The molecule has 0 fully saturated rings. The minimum Gasteiger partial charge on any atom is -0.456 e. The first kappa shape index (κ1) is 17.7. The van der Waals surface area contributed by atoms with E-state index in [1.165, 1.54) is 12.1 Å². The van der Waals surface area contributed by atoms with Gasteiger partial charge in [-0.15, -0.1) is 0 Å². The monoisotopic (exact) mass is 398 g/mol. The molecule has 0 saturated carbocycles. The highest BCUT2D eigenvalue weighted by atomic mass is 16.6. The molecular weight excluding hydrogens is 384 g/mol. The Kier molecular flexibility index (Phi) is 4.07. The minimum atomic E-state index is -0.469. The standard InChI is InChI=1S/C23H14N2O5/c26-23(21-12-11-19(29-21)14-5-8-16(9-6-14)25(27)28)24-15-7-10-18-17-3-1-2-4-20(17)30-22(18)13-15/h1-13H,(H,24,26). The average Bonchev–Trinajstić information content (AvgIpc) is 3.38. The van der Waals surface area contributed by atoms with Crippen molar-refractivity contribution >= 4 is 39.2 Å². The molecule has 0 radical (unpaired) electrons. The van der Waals surface area contributed by atoms with Gasteiger partial charge in [0.25, 0.3) is 11.6 Å². The molecule has 0 aliphatic carbocycles. The lowest BCUT2D eigenvalue weighted by molar-refractivity contribution is -0.384. The summed E-state index contributed by atoms with van der Waals surface area (Å²) >= 11 is 0. The number of carbonyl (C=O) groups excluding carboxylic acids is 1. The van der Waals surface area contributed by atoms with Crippen molar-refractivity contribution in [3.63, 3.8) is 0 Å². The Morgan fingerprint density at radius 1 is 0.833 bits per heavy atom. The molecule has 5 aromatic rings. The summed E-state index contributed by atoms with van der Waals surface area (Å²) in [5.74, 6) is 0.175. The van der Waals surface area contributed by atoms with Gasteiger partial charge in [0.1, 0.15) is 16.9 Å².